The van der Waals surface area contributed by atoms with Crippen LogP contribution in [-0.2, 0) is 0 Å². The molecule has 0 saturated carbocycles. The van der Waals surface area contributed by atoms with Gasteiger partial charge in [0.25, 0.3) is 0 Å². The molecule has 0 saturated heterocycles. The average molecular weight is 665 g/mol. The predicted molar refractivity (Wildman–Crippen MR) is 208 cm³/mol. The third kappa shape index (κ3) is 5.80. The van der Waals surface area contributed by atoms with Crippen LogP contribution in [0.15, 0.2) is 158 Å². The minimum Gasteiger partial charge on any atom is -0.507 e. The zero-order valence-corrected chi connectivity index (χ0v) is 29.2. The zero-order valence-electron chi connectivity index (χ0n) is 28.2. The van der Waals surface area contributed by atoms with Crippen LogP contribution < -0.4 is 5.19 Å². The Balaban J connectivity index is 1.38. The summed E-state index contributed by atoms with van der Waals surface area (Å²) < 4.78 is 2.10. The van der Waals surface area contributed by atoms with Crippen molar-refractivity contribution in [3.63, 3.8) is 0 Å². The fourth-order valence-corrected chi connectivity index (χ4v) is 8.18. The van der Waals surface area contributed by atoms with E-state index in [1.54, 1.807) is 18.5 Å². The van der Waals surface area contributed by atoms with E-state index in [9.17, 15) is 5.11 Å². The number of rotatable bonds is 7. The van der Waals surface area contributed by atoms with Gasteiger partial charge in [-0.05, 0) is 81.5 Å². The summed E-state index contributed by atoms with van der Waals surface area (Å²) in [6.45, 7) is 7.12. The van der Waals surface area contributed by atoms with Gasteiger partial charge in [-0.1, -0.05) is 111 Å². The highest BCUT2D eigenvalue weighted by Gasteiger charge is 2.24. The van der Waals surface area contributed by atoms with E-state index in [0.717, 1.165) is 50.2 Å². The highest BCUT2D eigenvalue weighted by atomic mass is 28.3. The van der Waals surface area contributed by atoms with Crippen LogP contribution in [0.25, 0.3) is 72.7 Å². The number of aromatic nitrogens is 4. The molecule has 242 valence electrons. The summed E-state index contributed by atoms with van der Waals surface area (Å²) in [5.74, 6) is 0.754. The number of benzene rings is 5. The maximum absolute atomic E-state index is 10.9. The molecule has 8 rings (SSSR count). The Morgan fingerprint density at radius 1 is 0.560 bits per heavy atom. The maximum atomic E-state index is 10.9. The van der Waals surface area contributed by atoms with Crippen molar-refractivity contribution in [1.29, 1.82) is 0 Å². The number of pyridine rings is 2. The van der Waals surface area contributed by atoms with Gasteiger partial charge < -0.3 is 5.11 Å². The smallest absolute Gasteiger partial charge is 0.151 e. The quantitative estimate of drug-likeness (QED) is 0.172. The maximum Gasteiger partial charge on any atom is 0.151 e. The average Bonchev–Trinajstić information content (AvgIpc) is 3.55. The van der Waals surface area contributed by atoms with Crippen LogP contribution in [0.5, 0.6) is 5.75 Å². The van der Waals surface area contributed by atoms with E-state index >= 15 is 0 Å². The van der Waals surface area contributed by atoms with Gasteiger partial charge in [0.05, 0.1) is 30.4 Å². The van der Waals surface area contributed by atoms with E-state index in [0.29, 0.717) is 11.4 Å². The molecule has 0 fully saturated rings. The Morgan fingerprint density at radius 3 is 1.92 bits per heavy atom. The first kappa shape index (κ1) is 31.2. The molecule has 0 aliphatic carbocycles. The highest BCUT2D eigenvalue weighted by molar-refractivity contribution is 6.89. The molecule has 3 heterocycles. The summed E-state index contributed by atoms with van der Waals surface area (Å²) in [5, 5.41) is 12.3. The van der Waals surface area contributed by atoms with Crippen molar-refractivity contribution in [2.24, 2.45) is 0 Å². The van der Waals surface area contributed by atoms with Crippen molar-refractivity contribution in [3.8, 4) is 67.5 Å². The summed E-state index contributed by atoms with van der Waals surface area (Å²) in [6, 6.07) is 48.1. The summed E-state index contributed by atoms with van der Waals surface area (Å²) in [7, 11) is -1.70. The third-order valence-electron chi connectivity index (χ3n) is 9.18. The first-order chi connectivity index (χ1) is 24.3. The summed E-state index contributed by atoms with van der Waals surface area (Å²) in [4.78, 5) is 14.7. The number of aromatic hydroxyl groups is 1. The van der Waals surface area contributed by atoms with Gasteiger partial charge in [-0.15, -0.1) is 0 Å². The van der Waals surface area contributed by atoms with Crippen LogP contribution in [-0.4, -0.2) is 32.7 Å². The second-order valence-corrected chi connectivity index (χ2v) is 18.6. The van der Waals surface area contributed by atoms with Crippen LogP contribution in [0.4, 0.5) is 0 Å². The Kier molecular flexibility index (Phi) is 7.94. The van der Waals surface area contributed by atoms with E-state index in [-0.39, 0.29) is 5.75 Å². The van der Waals surface area contributed by atoms with Crippen molar-refractivity contribution in [2.45, 2.75) is 19.6 Å². The normalized spacial score (nSPS) is 11.6. The molecule has 0 spiro atoms. The molecule has 0 aliphatic heterocycles. The van der Waals surface area contributed by atoms with Crippen LogP contribution in [0.3, 0.4) is 0 Å². The van der Waals surface area contributed by atoms with Crippen LogP contribution in [0.1, 0.15) is 0 Å². The number of imidazole rings is 1. The van der Waals surface area contributed by atoms with E-state index in [1.807, 2.05) is 24.3 Å². The number of hydrogen-bond acceptors (Lipinski definition) is 4. The lowest BCUT2D eigenvalue weighted by molar-refractivity contribution is 0.476. The van der Waals surface area contributed by atoms with Crippen LogP contribution in [0.2, 0.25) is 19.6 Å². The van der Waals surface area contributed by atoms with E-state index in [4.69, 9.17) is 9.97 Å². The Bertz CT molecular complexity index is 2470. The lowest BCUT2D eigenvalue weighted by Gasteiger charge is -2.22. The third-order valence-corrected chi connectivity index (χ3v) is 11.2. The fraction of sp³-hybridized carbons (Fsp3) is 0.0682. The molecule has 0 bridgehead atoms. The standard InChI is InChI=1S/C44H36N4OSi/c1-50(2,3)42-29-46-39(27-37(42)31-16-9-5-10-17-31)34-25-32(30-14-7-4-8-15-30)24-33(26-34)36-20-13-21-40-43(36)47-44(38-28-45-23-22-41(38)49)48(40)35-18-11-6-12-19-35/h4-29H,1-3H3,(H,45,49). The fourth-order valence-electron chi connectivity index (χ4n) is 6.71. The summed E-state index contributed by atoms with van der Waals surface area (Å²) in [5.41, 5.74) is 11.9. The van der Waals surface area contributed by atoms with Crippen molar-refractivity contribution >= 4 is 24.3 Å². The van der Waals surface area contributed by atoms with E-state index in [1.165, 1.54) is 16.3 Å². The van der Waals surface area contributed by atoms with E-state index < -0.39 is 8.07 Å². The molecule has 5 nitrogen and oxygen atoms in total. The molecule has 0 atom stereocenters. The molecule has 8 aromatic rings. The summed E-state index contributed by atoms with van der Waals surface area (Å²) >= 11 is 0. The Labute approximate surface area is 293 Å². The molecule has 0 aliphatic rings. The van der Waals surface area contributed by atoms with Gasteiger partial charge >= 0.3 is 0 Å². The zero-order chi connectivity index (χ0) is 34.2. The minimum atomic E-state index is -1.70. The van der Waals surface area contributed by atoms with Crippen LogP contribution in [0, 0.1) is 0 Å². The summed E-state index contributed by atoms with van der Waals surface area (Å²) in [6.07, 6.45) is 5.36. The molecule has 0 unspecified atom stereocenters. The molecule has 6 heteroatoms. The number of fused-ring (bicyclic) bond motifs is 1. The number of para-hydroxylation sites is 2. The molecule has 3 aromatic heterocycles. The first-order valence-corrected chi connectivity index (χ1v) is 20.3. The number of nitrogens with zero attached hydrogens (tertiary/aromatic N) is 4. The van der Waals surface area contributed by atoms with Crippen molar-refractivity contribution in [3.05, 3.63) is 158 Å². The van der Waals surface area contributed by atoms with Crippen molar-refractivity contribution < 1.29 is 5.11 Å². The molecular weight excluding hydrogens is 629 g/mol. The van der Waals surface area contributed by atoms with Gasteiger partial charge in [0.1, 0.15) is 5.75 Å². The second-order valence-electron chi connectivity index (χ2n) is 13.6. The molecule has 5 aromatic carbocycles. The van der Waals surface area contributed by atoms with Crippen LogP contribution >= 0.6 is 0 Å². The monoisotopic (exact) mass is 664 g/mol. The van der Waals surface area contributed by atoms with E-state index in [2.05, 4.69) is 145 Å². The molecular formula is C44H36N4OSi. The van der Waals surface area contributed by atoms with Gasteiger partial charge in [-0.3, -0.25) is 14.5 Å². The van der Waals surface area contributed by atoms with Crippen molar-refractivity contribution in [1.82, 2.24) is 19.5 Å². The van der Waals surface area contributed by atoms with Gasteiger partial charge in [0, 0.05) is 35.4 Å². The predicted octanol–water partition coefficient (Wildman–Crippen LogP) is 10.4. The topological polar surface area (TPSA) is 63.8 Å². The first-order valence-electron chi connectivity index (χ1n) is 16.8. The lowest BCUT2D eigenvalue weighted by Crippen LogP contribution is -2.39. The number of hydrogen-bond donors (Lipinski definition) is 1. The second kappa shape index (κ2) is 12.7. The largest absolute Gasteiger partial charge is 0.507 e. The van der Waals surface area contributed by atoms with Gasteiger partial charge in [-0.2, -0.15) is 0 Å². The van der Waals surface area contributed by atoms with Crippen molar-refractivity contribution in [2.75, 3.05) is 0 Å². The van der Waals surface area contributed by atoms with Gasteiger partial charge in [-0.25, -0.2) is 4.98 Å². The minimum absolute atomic E-state index is 0.129. The molecule has 0 radical (unpaired) electrons. The molecule has 1 N–H and O–H groups in total. The highest BCUT2D eigenvalue weighted by Crippen LogP contribution is 2.39. The van der Waals surface area contributed by atoms with Gasteiger partial charge in [0.15, 0.2) is 5.82 Å². The SMILES string of the molecule is C[Si](C)(C)c1cnc(-c2cc(-c3ccccc3)cc(-c3cccc4c3nc(-c3cnccc3O)n4-c3ccccc3)c2)cc1-c1ccccc1. The Morgan fingerprint density at radius 2 is 1.22 bits per heavy atom. The van der Waals surface area contributed by atoms with Gasteiger partial charge in [0.2, 0.25) is 0 Å². The molecule has 0 amide bonds. The Hall–Kier alpha value is -6.11. The lowest BCUT2D eigenvalue weighted by atomic mass is 9.93. The molecule has 50 heavy (non-hydrogen) atoms.